The van der Waals surface area contributed by atoms with Crippen LogP contribution in [0.4, 0.5) is 5.69 Å². The third-order valence-corrected chi connectivity index (χ3v) is 4.91. The number of hydrazine groups is 1. The molecule has 2 heterocycles. The standard InChI is InChI=1S/C21H19N3O4/c1-12-7-3-5-9-16(12)24-18(25)11-15(21(24)27)22-23-20(26)19-13(2)14-8-4-6-10-17(14)28-19/h3-10,15,22H,11H2,1-2H3,(H,23,26). The summed E-state index contributed by atoms with van der Waals surface area (Å²) in [6, 6.07) is 13.7. The number of hydrogen-bond acceptors (Lipinski definition) is 5. The predicted octanol–water partition coefficient (Wildman–Crippen LogP) is 2.62. The summed E-state index contributed by atoms with van der Waals surface area (Å²) in [5.74, 6) is -1.04. The molecule has 0 spiro atoms. The summed E-state index contributed by atoms with van der Waals surface area (Å²) in [4.78, 5) is 38.7. The van der Waals surface area contributed by atoms with E-state index in [1.54, 1.807) is 25.1 Å². The van der Waals surface area contributed by atoms with Crippen LogP contribution in [0.15, 0.2) is 52.9 Å². The van der Waals surface area contributed by atoms with Gasteiger partial charge < -0.3 is 4.42 Å². The fourth-order valence-corrected chi connectivity index (χ4v) is 3.41. The maximum absolute atomic E-state index is 12.7. The highest BCUT2D eigenvalue weighted by atomic mass is 16.3. The first kappa shape index (κ1) is 17.9. The van der Waals surface area contributed by atoms with E-state index in [-0.39, 0.29) is 18.1 Å². The van der Waals surface area contributed by atoms with E-state index in [1.807, 2.05) is 37.3 Å². The van der Waals surface area contributed by atoms with Crippen molar-refractivity contribution < 1.29 is 18.8 Å². The Bertz CT molecular complexity index is 1100. The van der Waals surface area contributed by atoms with Crippen LogP contribution in [0.3, 0.4) is 0 Å². The normalized spacial score (nSPS) is 16.8. The summed E-state index contributed by atoms with van der Waals surface area (Å²) in [6.45, 7) is 3.63. The summed E-state index contributed by atoms with van der Waals surface area (Å²) in [7, 11) is 0. The fourth-order valence-electron chi connectivity index (χ4n) is 3.41. The molecular weight excluding hydrogens is 358 g/mol. The molecule has 4 rings (SSSR count). The van der Waals surface area contributed by atoms with E-state index in [1.165, 1.54) is 0 Å². The molecule has 142 valence electrons. The first-order valence-corrected chi connectivity index (χ1v) is 8.94. The average Bonchev–Trinajstić information content (AvgIpc) is 3.17. The largest absolute Gasteiger partial charge is 0.451 e. The first-order valence-electron chi connectivity index (χ1n) is 8.94. The van der Waals surface area contributed by atoms with Gasteiger partial charge in [0.15, 0.2) is 5.76 Å². The Kier molecular flexibility index (Phi) is 4.44. The number of aryl methyl sites for hydroxylation is 2. The molecule has 1 saturated heterocycles. The molecule has 2 N–H and O–H groups in total. The second-order valence-corrected chi connectivity index (χ2v) is 6.76. The van der Waals surface area contributed by atoms with Crippen molar-refractivity contribution in [3.8, 4) is 0 Å². The van der Waals surface area contributed by atoms with E-state index in [4.69, 9.17) is 4.42 Å². The molecule has 1 aliphatic heterocycles. The number of fused-ring (bicyclic) bond motifs is 1. The molecule has 3 amide bonds. The molecule has 2 aromatic carbocycles. The van der Waals surface area contributed by atoms with Crippen LogP contribution in [0.5, 0.6) is 0 Å². The van der Waals surface area contributed by atoms with Gasteiger partial charge in [-0.3, -0.25) is 19.8 Å². The number of anilines is 1. The van der Waals surface area contributed by atoms with E-state index in [0.717, 1.165) is 15.8 Å². The minimum Gasteiger partial charge on any atom is -0.451 e. The van der Waals surface area contributed by atoms with Gasteiger partial charge in [-0.1, -0.05) is 36.4 Å². The number of nitrogens with one attached hydrogen (secondary N) is 2. The van der Waals surface area contributed by atoms with Crippen molar-refractivity contribution in [2.75, 3.05) is 4.90 Å². The second kappa shape index (κ2) is 6.94. The quantitative estimate of drug-likeness (QED) is 0.539. The lowest BCUT2D eigenvalue weighted by Crippen LogP contribution is -2.48. The number of nitrogens with zero attached hydrogens (tertiary/aromatic N) is 1. The molecule has 0 aliphatic carbocycles. The van der Waals surface area contributed by atoms with Gasteiger partial charge in [0.1, 0.15) is 11.6 Å². The van der Waals surface area contributed by atoms with Crippen molar-refractivity contribution in [1.29, 1.82) is 0 Å². The number of carbonyl (C=O) groups excluding carboxylic acids is 3. The Labute approximate surface area is 161 Å². The molecule has 1 unspecified atom stereocenters. The highest BCUT2D eigenvalue weighted by Crippen LogP contribution is 2.26. The van der Waals surface area contributed by atoms with Crippen LogP contribution in [0, 0.1) is 13.8 Å². The van der Waals surface area contributed by atoms with Crippen molar-refractivity contribution in [2.45, 2.75) is 26.3 Å². The van der Waals surface area contributed by atoms with Crippen LogP contribution in [0.1, 0.15) is 28.1 Å². The summed E-state index contributed by atoms with van der Waals surface area (Å²) < 4.78 is 5.62. The molecule has 7 heteroatoms. The van der Waals surface area contributed by atoms with Gasteiger partial charge in [-0.25, -0.2) is 10.3 Å². The van der Waals surface area contributed by atoms with Crippen LogP contribution in [-0.4, -0.2) is 23.8 Å². The zero-order valence-corrected chi connectivity index (χ0v) is 15.5. The topological polar surface area (TPSA) is 91.7 Å². The smallest absolute Gasteiger partial charge is 0.301 e. The monoisotopic (exact) mass is 377 g/mol. The number of benzene rings is 2. The van der Waals surface area contributed by atoms with Gasteiger partial charge >= 0.3 is 5.91 Å². The molecule has 7 nitrogen and oxygen atoms in total. The van der Waals surface area contributed by atoms with Crippen molar-refractivity contribution in [3.63, 3.8) is 0 Å². The molecule has 1 aliphatic rings. The zero-order chi connectivity index (χ0) is 19.8. The Morgan fingerprint density at radius 2 is 1.79 bits per heavy atom. The Morgan fingerprint density at radius 3 is 2.54 bits per heavy atom. The predicted molar refractivity (Wildman–Crippen MR) is 104 cm³/mol. The number of imide groups is 1. The third kappa shape index (κ3) is 2.95. The highest BCUT2D eigenvalue weighted by molar-refractivity contribution is 6.22. The van der Waals surface area contributed by atoms with Crippen molar-refractivity contribution in [3.05, 3.63) is 65.4 Å². The molecule has 1 fully saturated rings. The van der Waals surface area contributed by atoms with Crippen LogP contribution in [0.2, 0.25) is 0 Å². The van der Waals surface area contributed by atoms with Gasteiger partial charge in [-0.05, 0) is 31.5 Å². The summed E-state index contributed by atoms with van der Waals surface area (Å²) in [5, 5.41) is 0.852. The van der Waals surface area contributed by atoms with E-state index < -0.39 is 17.9 Å². The van der Waals surface area contributed by atoms with E-state index in [9.17, 15) is 14.4 Å². The van der Waals surface area contributed by atoms with Gasteiger partial charge in [-0.2, -0.15) is 0 Å². The third-order valence-electron chi connectivity index (χ3n) is 4.91. The van der Waals surface area contributed by atoms with Crippen LogP contribution in [0.25, 0.3) is 11.0 Å². The van der Waals surface area contributed by atoms with Gasteiger partial charge in [0.05, 0.1) is 12.1 Å². The molecule has 28 heavy (non-hydrogen) atoms. The highest BCUT2D eigenvalue weighted by Gasteiger charge is 2.40. The molecule has 0 bridgehead atoms. The maximum Gasteiger partial charge on any atom is 0.301 e. The number of rotatable bonds is 4. The lowest BCUT2D eigenvalue weighted by Gasteiger charge is -2.17. The van der Waals surface area contributed by atoms with E-state index >= 15 is 0 Å². The minimum atomic E-state index is -0.833. The lowest BCUT2D eigenvalue weighted by atomic mass is 10.1. The molecule has 0 saturated carbocycles. The number of para-hydroxylation sites is 2. The van der Waals surface area contributed by atoms with E-state index in [0.29, 0.717) is 16.8 Å². The number of furan rings is 1. The molecule has 3 aromatic rings. The average molecular weight is 377 g/mol. The Hall–Kier alpha value is -3.45. The summed E-state index contributed by atoms with van der Waals surface area (Å²) in [5.41, 5.74) is 7.89. The summed E-state index contributed by atoms with van der Waals surface area (Å²) >= 11 is 0. The SMILES string of the molecule is Cc1ccccc1N1C(=O)CC(NNC(=O)c2oc3ccccc3c2C)C1=O. The van der Waals surface area contributed by atoms with Gasteiger partial charge in [0.2, 0.25) is 5.91 Å². The second-order valence-electron chi connectivity index (χ2n) is 6.76. The number of amides is 3. The maximum atomic E-state index is 12.7. The molecule has 1 aromatic heterocycles. The number of hydrogen-bond donors (Lipinski definition) is 2. The van der Waals surface area contributed by atoms with Crippen molar-refractivity contribution >= 4 is 34.4 Å². The van der Waals surface area contributed by atoms with Gasteiger partial charge in [0, 0.05) is 10.9 Å². The zero-order valence-electron chi connectivity index (χ0n) is 15.5. The summed E-state index contributed by atoms with van der Waals surface area (Å²) in [6.07, 6.45) is -0.0352. The van der Waals surface area contributed by atoms with Crippen LogP contribution in [-0.2, 0) is 9.59 Å². The Morgan fingerprint density at radius 1 is 1.07 bits per heavy atom. The first-order chi connectivity index (χ1) is 13.5. The van der Waals surface area contributed by atoms with E-state index in [2.05, 4.69) is 10.9 Å². The number of carbonyl (C=O) groups is 3. The Balaban J connectivity index is 1.48. The minimum absolute atomic E-state index is 0.0352. The molecule has 1 atom stereocenters. The fraction of sp³-hybridized carbons (Fsp3) is 0.190. The van der Waals surface area contributed by atoms with Crippen LogP contribution >= 0.6 is 0 Å². The van der Waals surface area contributed by atoms with Gasteiger partial charge in [0.25, 0.3) is 5.91 Å². The van der Waals surface area contributed by atoms with Crippen LogP contribution < -0.4 is 15.8 Å². The van der Waals surface area contributed by atoms with Crippen molar-refractivity contribution in [2.24, 2.45) is 0 Å². The van der Waals surface area contributed by atoms with Gasteiger partial charge in [-0.15, -0.1) is 0 Å². The molecule has 0 radical (unpaired) electrons. The molecular formula is C21H19N3O4. The van der Waals surface area contributed by atoms with Crippen molar-refractivity contribution in [1.82, 2.24) is 10.9 Å². The lowest BCUT2D eigenvalue weighted by molar-refractivity contribution is -0.121.